The molecule has 2 heteroatoms. The quantitative estimate of drug-likeness (QED) is 0.775. The number of aryl methyl sites for hydroxylation is 1. The van der Waals surface area contributed by atoms with Crippen LogP contribution in [0.15, 0.2) is 22.7 Å². The molecule has 0 aromatic heterocycles. The Morgan fingerprint density at radius 1 is 1.29 bits per heavy atom. The lowest BCUT2D eigenvalue weighted by Crippen LogP contribution is -2.18. The van der Waals surface area contributed by atoms with Gasteiger partial charge in [-0.05, 0) is 44.9 Å². The van der Waals surface area contributed by atoms with E-state index in [1.165, 1.54) is 11.1 Å². The van der Waals surface area contributed by atoms with E-state index in [1.54, 1.807) is 0 Å². The van der Waals surface area contributed by atoms with Gasteiger partial charge in [-0.25, -0.2) is 0 Å². The zero-order valence-electron chi connectivity index (χ0n) is 9.23. The van der Waals surface area contributed by atoms with E-state index in [4.69, 9.17) is 4.74 Å². The van der Waals surface area contributed by atoms with Gasteiger partial charge in [0.2, 0.25) is 0 Å². The minimum atomic E-state index is -0.0721. The van der Waals surface area contributed by atoms with Crippen molar-refractivity contribution in [3.8, 4) is 0 Å². The predicted octanol–water partition coefficient (Wildman–Crippen LogP) is 4.07. The highest BCUT2D eigenvalue weighted by molar-refractivity contribution is 9.10. The van der Waals surface area contributed by atoms with E-state index in [-0.39, 0.29) is 5.60 Å². The van der Waals surface area contributed by atoms with E-state index in [0.717, 1.165) is 4.47 Å². The number of halogens is 1. The molecule has 0 amide bonds. The van der Waals surface area contributed by atoms with E-state index in [1.807, 2.05) is 0 Å². The molecule has 0 unspecified atom stereocenters. The van der Waals surface area contributed by atoms with Gasteiger partial charge in [-0.2, -0.15) is 0 Å². The molecule has 1 aromatic carbocycles. The molecule has 0 bridgehead atoms. The SMILES string of the molecule is Cc1ccc(COC(C)(C)C)cc1Br. The fraction of sp³-hybridized carbons (Fsp3) is 0.500. The van der Waals surface area contributed by atoms with Crippen LogP contribution in [-0.2, 0) is 11.3 Å². The maximum absolute atomic E-state index is 5.69. The van der Waals surface area contributed by atoms with E-state index < -0.39 is 0 Å². The lowest BCUT2D eigenvalue weighted by Gasteiger charge is -2.19. The van der Waals surface area contributed by atoms with Crippen LogP contribution in [-0.4, -0.2) is 5.60 Å². The molecule has 1 rings (SSSR count). The highest BCUT2D eigenvalue weighted by atomic mass is 79.9. The normalized spacial score (nSPS) is 11.8. The molecule has 0 aliphatic heterocycles. The summed E-state index contributed by atoms with van der Waals surface area (Å²) in [4.78, 5) is 0. The van der Waals surface area contributed by atoms with Gasteiger partial charge in [-0.1, -0.05) is 28.1 Å². The van der Waals surface area contributed by atoms with Gasteiger partial charge in [-0.15, -0.1) is 0 Å². The van der Waals surface area contributed by atoms with Crippen LogP contribution in [0.4, 0.5) is 0 Å². The van der Waals surface area contributed by atoms with E-state index >= 15 is 0 Å². The van der Waals surface area contributed by atoms with Crippen molar-refractivity contribution in [3.63, 3.8) is 0 Å². The van der Waals surface area contributed by atoms with Crippen molar-refractivity contribution in [1.29, 1.82) is 0 Å². The van der Waals surface area contributed by atoms with E-state index in [9.17, 15) is 0 Å². The van der Waals surface area contributed by atoms with Gasteiger partial charge >= 0.3 is 0 Å². The first kappa shape index (κ1) is 11.7. The van der Waals surface area contributed by atoms with Crippen LogP contribution in [0.25, 0.3) is 0 Å². The summed E-state index contributed by atoms with van der Waals surface area (Å²) in [5, 5.41) is 0. The van der Waals surface area contributed by atoms with Crippen LogP contribution in [0, 0.1) is 6.92 Å². The Morgan fingerprint density at radius 2 is 1.93 bits per heavy atom. The second-order valence-corrected chi connectivity index (χ2v) is 5.34. The zero-order valence-corrected chi connectivity index (χ0v) is 10.8. The van der Waals surface area contributed by atoms with Gasteiger partial charge in [0.05, 0.1) is 12.2 Å². The summed E-state index contributed by atoms with van der Waals surface area (Å²) < 4.78 is 6.84. The van der Waals surface area contributed by atoms with Gasteiger partial charge in [0.15, 0.2) is 0 Å². The third-order valence-corrected chi connectivity index (χ3v) is 2.76. The maximum atomic E-state index is 5.69. The smallest absolute Gasteiger partial charge is 0.0724 e. The first-order valence-corrected chi connectivity index (χ1v) is 5.57. The van der Waals surface area contributed by atoms with Crippen molar-refractivity contribution in [3.05, 3.63) is 33.8 Å². The molecule has 1 aromatic rings. The Hall–Kier alpha value is -0.340. The number of hydrogen-bond acceptors (Lipinski definition) is 1. The van der Waals surface area contributed by atoms with E-state index in [0.29, 0.717) is 6.61 Å². The molecule has 0 fully saturated rings. The Bertz CT molecular complexity index is 313. The lowest BCUT2D eigenvalue weighted by molar-refractivity contribution is -0.0149. The maximum Gasteiger partial charge on any atom is 0.0724 e. The van der Waals surface area contributed by atoms with Crippen molar-refractivity contribution >= 4 is 15.9 Å². The second kappa shape index (κ2) is 4.45. The number of rotatable bonds is 2. The molecule has 0 radical (unpaired) electrons. The minimum Gasteiger partial charge on any atom is -0.371 e. The Kier molecular flexibility index (Phi) is 3.73. The van der Waals surface area contributed by atoms with Crippen molar-refractivity contribution in [2.24, 2.45) is 0 Å². The highest BCUT2D eigenvalue weighted by Crippen LogP contribution is 2.19. The average Bonchev–Trinajstić information content (AvgIpc) is 2.06. The van der Waals surface area contributed by atoms with Gasteiger partial charge in [0.25, 0.3) is 0 Å². The molecular formula is C12H17BrO. The monoisotopic (exact) mass is 256 g/mol. The molecule has 14 heavy (non-hydrogen) atoms. The molecule has 0 aliphatic rings. The first-order valence-electron chi connectivity index (χ1n) is 4.77. The summed E-state index contributed by atoms with van der Waals surface area (Å²) >= 11 is 3.51. The molecule has 1 nitrogen and oxygen atoms in total. The van der Waals surface area contributed by atoms with Crippen LogP contribution in [0.1, 0.15) is 31.9 Å². The fourth-order valence-corrected chi connectivity index (χ4v) is 1.45. The Morgan fingerprint density at radius 3 is 2.43 bits per heavy atom. The van der Waals surface area contributed by atoms with Gasteiger partial charge < -0.3 is 4.74 Å². The molecular weight excluding hydrogens is 240 g/mol. The zero-order chi connectivity index (χ0) is 10.8. The summed E-state index contributed by atoms with van der Waals surface area (Å²) in [7, 11) is 0. The topological polar surface area (TPSA) is 9.23 Å². The van der Waals surface area contributed by atoms with Crippen molar-refractivity contribution < 1.29 is 4.74 Å². The summed E-state index contributed by atoms with van der Waals surface area (Å²) in [6.07, 6.45) is 0. The van der Waals surface area contributed by atoms with Crippen LogP contribution in [0.2, 0.25) is 0 Å². The highest BCUT2D eigenvalue weighted by Gasteiger charge is 2.10. The molecule has 0 saturated heterocycles. The van der Waals surface area contributed by atoms with Crippen molar-refractivity contribution in [2.45, 2.75) is 39.9 Å². The summed E-state index contributed by atoms with van der Waals surface area (Å²) in [5.74, 6) is 0. The Labute approximate surface area is 94.6 Å². The fourth-order valence-electron chi connectivity index (χ4n) is 1.03. The van der Waals surface area contributed by atoms with Crippen molar-refractivity contribution in [1.82, 2.24) is 0 Å². The van der Waals surface area contributed by atoms with Crippen LogP contribution >= 0.6 is 15.9 Å². The standard InChI is InChI=1S/C12H17BrO/c1-9-5-6-10(7-11(9)13)8-14-12(2,3)4/h5-7H,8H2,1-4H3. The molecule has 0 heterocycles. The molecule has 0 atom stereocenters. The van der Waals surface area contributed by atoms with Crippen LogP contribution < -0.4 is 0 Å². The minimum absolute atomic E-state index is 0.0721. The van der Waals surface area contributed by atoms with Gasteiger partial charge in [0.1, 0.15) is 0 Å². The molecule has 0 saturated carbocycles. The van der Waals surface area contributed by atoms with E-state index in [2.05, 4.69) is 61.8 Å². The third kappa shape index (κ3) is 3.81. The average molecular weight is 257 g/mol. The second-order valence-electron chi connectivity index (χ2n) is 4.48. The third-order valence-electron chi connectivity index (χ3n) is 1.91. The summed E-state index contributed by atoms with van der Waals surface area (Å²) in [6, 6.07) is 6.32. The largest absolute Gasteiger partial charge is 0.371 e. The number of benzene rings is 1. The van der Waals surface area contributed by atoms with Crippen molar-refractivity contribution in [2.75, 3.05) is 0 Å². The first-order chi connectivity index (χ1) is 6.38. The lowest BCUT2D eigenvalue weighted by atomic mass is 10.1. The predicted molar refractivity (Wildman–Crippen MR) is 63.4 cm³/mol. The van der Waals surface area contributed by atoms with Crippen LogP contribution in [0.5, 0.6) is 0 Å². The summed E-state index contributed by atoms with van der Waals surface area (Å²) in [5.41, 5.74) is 2.39. The number of hydrogen-bond donors (Lipinski definition) is 0. The Balaban J connectivity index is 2.65. The van der Waals surface area contributed by atoms with Crippen LogP contribution in [0.3, 0.4) is 0 Å². The number of ether oxygens (including phenoxy) is 1. The molecule has 78 valence electrons. The van der Waals surface area contributed by atoms with Gasteiger partial charge in [0, 0.05) is 4.47 Å². The molecule has 0 aliphatic carbocycles. The van der Waals surface area contributed by atoms with Gasteiger partial charge in [-0.3, -0.25) is 0 Å². The molecule has 0 spiro atoms. The summed E-state index contributed by atoms with van der Waals surface area (Å²) in [6.45, 7) is 8.95. The molecule has 0 N–H and O–H groups in total.